The number of rotatable bonds is 4. The van der Waals surface area contributed by atoms with E-state index in [-0.39, 0.29) is 5.56 Å². The largest absolute Gasteiger partial charge is 0.478 e. The van der Waals surface area contributed by atoms with Gasteiger partial charge in [0, 0.05) is 11.1 Å². The van der Waals surface area contributed by atoms with Crippen molar-refractivity contribution in [3.8, 4) is 0 Å². The summed E-state index contributed by atoms with van der Waals surface area (Å²) in [5, 5.41) is 13.3. The number of nitrogens with zero attached hydrogens (tertiary/aromatic N) is 1. The molecule has 0 aliphatic rings. The summed E-state index contributed by atoms with van der Waals surface area (Å²) < 4.78 is 0. The van der Waals surface area contributed by atoms with Crippen LogP contribution in [0.5, 0.6) is 0 Å². The Balaban J connectivity index is 2.58. The van der Waals surface area contributed by atoms with Crippen molar-refractivity contribution in [2.24, 2.45) is 5.16 Å². The molecule has 0 amide bonds. The van der Waals surface area contributed by atoms with Crippen molar-refractivity contribution in [3.63, 3.8) is 0 Å². The Kier molecular flexibility index (Phi) is 4.15. The van der Waals surface area contributed by atoms with Gasteiger partial charge in [0.05, 0.1) is 5.56 Å². The van der Waals surface area contributed by atoms with Gasteiger partial charge < -0.3 is 9.94 Å². The first-order chi connectivity index (χ1) is 9.63. The summed E-state index contributed by atoms with van der Waals surface area (Å²) in [4.78, 5) is 16.2. The topological polar surface area (TPSA) is 58.9 Å². The van der Waals surface area contributed by atoms with E-state index in [0.717, 1.165) is 11.1 Å². The van der Waals surface area contributed by atoms with Gasteiger partial charge in [0.15, 0.2) is 0 Å². The Bertz CT molecular complexity index is 645. The Morgan fingerprint density at radius 1 is 1.05 bits per heavy atom. The van der Waals surface area contributed by atoms with Gasteiger partial charge in [-0.2, -0.15) is 0 Å². The lowest BCUT2D eigenvalue weighted by Gasteiger charge is -2.09. The Morgan fingerprint density at radius 3 is 2.20 bits per heavy atom. The monoisotopic (exact) mass is 269 g/mol. The molecule has 0 bridgehead atoms. The van der Waals surface area contributed by atoms with Gasteiger partial charge in [-0.1, -0.05) is 53.2 Å². The maximum absolute atomic E-state index is 11.3. The molecule has 2 aromatic rings. The van der Waals surface area contributed by atoms with E-state index >= 15 is 0 Å². The van der Waals surface area contributed by atoms with Crippen molar-refractivity contribution < 1.29 is 14.7 Å². The molecule has 102 valence electrons. The average molecular weight is 269 g/mol. The molecule has 0 saturated carbocycles. The number of oxime groups is 1. The number of carboxylic acids is 1. The van der Waals surface area contributed by atoms with Crippen LogP contribution in [0.15, 0.2) is 53.7 Å². The van der Waals surface area contributed by atoms with Gasteiger partial charge in [-0.3, -0.25) is 0 Å². The normalized spacial score (nSPS) is 11.2. The molecule has 4 nitrogen and oxygen atoms in total. The second-order valence-corrected chi connectivity index (χ2v) is 4.34. The van der Waals surface area contributed by atoms with Crippen LogP contribution in [0.1, 0.15) is 27.0 Å². The molecule has 0 saturated heterocycles. The minimum atomic E-state index is -0.989. The fourth-order valence-corrected chi connectivity index (χ4v) is 1.94. The van der Waals surface area contributed by atoms with E-state index < -0.39 is 5.97 Å². The van der Waals surface area contributed by atoms with Crippen molar-refractivity contribution in [3.05, 3.63) is 70.8 Å². The molecule has 0 fully saturated rings. The van der Waals surface area contributed by atoms with Gasteiger partial charge in [0.2, 0.25) is 0 Å². The smallest absolute Gasteiger partial charge is 0.336 e. The zero-order valence-electron chi connectivity index (χ0n) is 11.3. The molecule has 1 N–H and O–H groups in total. The number of aromatic carboxylic acids is 1. The third kappa shape index (κ3) is 2.85. The molecule has 2 aromatic carbocycles. The second-order valence-electron chi connectivity index (χ2n) is 4.34. The number of benzene rings is 2. The molecule has 4 heteroatoms. The number of carbonyl (C=O) groups is 1. The van der Waals surface area contributed by atoms with Crippen LogP contribution in [0.2, 0.25) is 0 Å². The van der Waals surface area contributed by atoms with Crippen LogP contribution >= 0.6 is 0 Å². The maximum Gasteiger partial charge on any atom is 0.336 e. The first-order valence-electron chi connectivity index (χ1n) is 6.14. The van der Waals surface area contributed by atoms with E-state index in [4.69, 9.17) is 4.84 Å². The van der Waals surface area contributed by atoms with Gasteiger partial charge >= 0.3 is 5.97 Å². The van der Waals surface area contributed by atoms with Crippen molar-refractivity contribution >= 4 is 11.7 Å². The summed E-state index contributed by atoms with van der Waals surface area (Å²) in [7, 11) is 1.44. The highest BCUT2D eigenvalue weighted by Gasteiger charge is 2.16. The number of aryl methyl sites for hydroxylation is 1. The van der Waals surface area contributed by atoms with Gasteiger partial charge in [-0.25, -0.2) is 4.79 Å². The van der Waals surface area contributed by atoms with E-state index in [1.807, 2.05) is 31.2 Å². The predicted molar refractivity (Wildman–Crippen MR) is 77.2 cm³/mol. The molecule has 0 aliphatic heterocycles. The standard InChI is InChI=1S/C16H15NO3/c1-11-7-9-12(10-8-11)15(17-20-2)13-5-3-4-6-14(13)16(18)19/h3-10H,1-2H3,(H,18,19)/b17-15+. The van der Waals surface area contributed by atoms with Gasteiger partial charge in [0.25, 0.3) is 0 Å². The van der Waals surface area contributed by atoms with Crippen LogP contribution < -0.4 is 0 Å². The lowest BCUT2D eigenvalue weighted by Crippen LogP contribution is -2.11. The van der Waals surface area contributed by atoms with Gasteiger partial charge in [-0.05, 0) is 13.0 Å². The minimum Gasteiger partial charge on any atom is -0.478 e. The number of carboxylic acid groups (broad SMARTS) is 1. The zero-order chi connectivity index (χ0) is 14.5. The summed E-state index contributed by atoms with van der Waals surface area (Å²) in [6.45, 7) is 1.99. The van der Waals surface area contributed by atoms with Crippen LogP contribution in [-0.2, 0) is 4.84 Å². The summed E-state index contributed by atoms with van der Waals surface area (Å²) in [6, 6.07) is 14.4. The minimum absolute atomic E-state index is 0.198. The first kappa shape index (κ1) is 13.8. The van der Waals surface area contributed by atoms with E-state index in [1.165, 1.54) is 7.11 Å². The van der Waals surface area contributed by atoms with Gasteiger partial charge in [0.1, 0.15) is 12.8 Å². The molecule has 0 aliphatic carbocycles. The molecule has 0 unspecified atom stereocenters. The molecule has 0 atom stereocenters. The Hall–Kier alpha value is -2.62. The summed E-state index contributed by atoms with van der Waals surface area (Å²) in [6.07, 6.45) is 0. The second kappa shape index (κ2) is 6.02. The zero-order valence-corrected chi connectivity index (χ0v) is 11.3. The number of hydrogen-bond donors (Lipinski definition) is 1. The lowest BCUT2D eigenvalue weighted by molar-refractivity contribution is 0.0696. The molecule has 0 heterocycles. The predicted octanol–water partition coefficient (Wildman–Crippen LogP) is 3.09. The Labute approximate surface area is 117 Å². The van der Waals surface area contributed by atoms with Gasteiger partial charge in [-0.15, -0.1) is 0 Å². The molecule has 0 radical (unpaired) electrons. The highest BCUT2D eigenvalue weighted by atomic mass is 16.6. The fraction of sp³-hybridized carbons (Fsp3) is 0.125. The third-order valence-electron chi connectivity index (χ3n) is 2.92. The lowest BCUT2D eigenvalue weighted by atomic mass is 9.97. The molecule has 20 heavy (non-hydrogen) atoms. The van der Waals surface area contributed by atoms with E-state index in [0.29, 0.717) is 11.3 Å². The van der Waals surface area contributed by atoms with Crippen molar-refractivity contribution in [2.45, 2.75) is 6.92 Å². The maximum atomic E-state index is 11.3. The third-order valence-corrected chi connectivity index (χ3v) is 2.92. The summed E-state index contributed by atoms with van der Waals surface area (Å²) in [5.41, 5.74) is 3.17. The van der Waals surface area contributed by atoms with Crippen LogP contribution in [-0.4, -0.2) is 23.9 Å². The van der Waals surface area contributed by atoms with Crippen molar-refractivity contribution in [1.82, 2.24) is 0 Å². The highest BCUT2D eigenvalue weighted by Crippen LogP contribution is 2.17. The van der Waals surface area contributed by atoms with Crippen molar-refractivity contribution in [1.29, 1.82) is 0 Å². The first-order valence-corrected chi connectivity index (χ1v) is 6.14. The van der Waals surface area contributed by atoms with Crippen LogP contribution in [0.3, 0.4) is 0 Å². The Morgan fingerprint density at radius 2 is 1.65 bits per heavy atom. The molecule has 0 aromatic heterocycles. The molecular formula is C16H15NO3. The van der Waals surface area contributed by atoms with Crippen LogP contribution in [0, 0.1) is 6.92 Å². The highest BCUT2D eigenvalue weighted by molar-refractivity contribution is 6.17. The quantitative estimate of drug-likeness (QED) is 0.685. The van der Waals surface area contributed by atoms with Crippen LogP contribution in [0.4, 0.5) is 0 Å². The SMILES string of the molecule is CO/N=C(\c1ccc(C)cc1)c1ccccc1C(=O)O. The van der Waals surface area contributed by atoms with Crippen molar-refractivity contribution in [2.75, 3.05) is 7.11 Å². The van der Waals surface area contributed by atoms with Crippen LogP contribution in [0.25, 0.3) is 0 Å². The molecule has 0 spiro atoms. The van der Waals surface area contributed by atoms with E-state index in [1.54, 1.807) is 24.3 Å². The summed E-state index contributed by atoms with van der Waals surface area (Å²) in [5.74, 6) is -0.989. The fourth-order valence-electron chi connectivity index (χ4n) is 1.94. The van der Waals surface area contributed by atoms with E-state index in [2.05, 4.69) is 5.16 Å². The molecule has 2 rings (SSSR count). The summed E-state index contributed by atoms with van der Waals surface area (Å²) >= 11 is 0. The number of hydrogen-bond acceptors (Lipinski definition) is 3. The molecular weight excluding hydrogens is 254 g/mol. The van der Waals surface area contributed by atoms with E-state index in [9.17, 15) is 9.90 Å². The average Bonchev–Trinajstić information content (AvgIpc) is 2.46.